The highest BCUT2D eigenvalue weighted by atomic mass is 32.2. The van der Waals surface area contributed by atoms with Gasteiger partial charge in [-0.25, -0.2) is 4.98 Å². The van der Waals surface area contributed by atoms with Crippen molar-refractivity contribution < 1.29 is 9.90 Å². The van der Waals surface area contributed by atoms with E-state index in [1.807, 2.05) is 67.4 Å². The Morgan fingerprint density at radius 1 is 0.971 bits per heavy atom. The number of thioether (sulfide) groups is 1. The first kappa shape index (κ1) is 23.8. The summed E-state index contributed by atoms with van der Waals surface area (Å²) in [4.78, 5) is 18.6. The van der Waals surface area contributed by atoms with Gasteiger partial charge in [0.1, 0.15) is 5.82 Å². The summed E-state index contributed by atoms with van der Waals surface area (Å²) in [5, 5.41) is 14.4. The fraction of sp³-hybridized carbons (Fsp3) is 0.296. The number of aliphatic carboxylic acids is 1. The molecule has 1 N–H and O–H groups in total. The molecule has 1 aliphatic heterocycles. The average molecular weight is 475 g/mol. The molecule has 7 heteroatoms. The van der Waals surface area contributed by atoms with Gasteiger partial charge < -0.3 is 10.0 Å². The molecular weight excluding hydrogens is 444 g/mol. The highest BCUT2D eigenvalue weighted by Gasteiger charge is 2.24. The molecule has 0 spiro atoms. The number of fused-ring (bicyclic) bond motifs is 1. The molecule has 3 heterocycles. The number of carbonyl (C=O) groups is 1. The topological polar surface area (TPSA) is 70.7 Å². The zero-order chi connectivity index (χ0) is 24.1. The quantitative estimate of drug-likeness (QED) is 0.407. The minimum atomic E-state index is -0.857. The second-order valence-electron chi connectivity index (χ2n) is 7.92. The molecule has 2 aromatic carbocycles. The van der Waals surface area contributed by atoms with Crippen molar-refractivity contribution in [1.82, 2.24) is 14.6 Å². The molecule has 0 aliphatic carbocycles. The van der Waals surface area contributed by atoms with Crippen molar-refractivity contribution in [2.75, 3.05) is 29.5 Å². The van der Waals surface area contributed by atoms with E-state index < -0.39 is 5.97 Å². The van der Waals surface area contributed by atoms with Crippen molar-refractivity contribution >= 4 is 29.2 Å². The van der Waals surface area contributed by atoms with Gasteiger partial charge in [0.25, 0.3) is 0 Å². The van der Waals surface area contributed by atoms with E-state index >= 15 is 0 Å². The molecular formula is C27H30N4O2S. The van der Waals surface area contributed by atoms with Gasteiger partial charge >= 0.3 is 5.97 Å². The van der Waals surface area contributed by atoms with Crippen LogP contribution in [0.5, 0.6) is 0 Å². The summed E-state index contributed by atoms with van der Waals surface area (Å²) in [6, 6.07) is 20.6. The molecule has 0 unspecified atom stereocenters. The third-order valence-electron chi connectivity index (χ3n) is 5.78. The third-order valence-corrected chi connectivity index (χ3v) is 6.73. The van der Waals surface area contributed by atoms with E-state index in [9.17, 15) is 9.90 Å². The number of hydrogen-bond acceptors (Lipinski definition) is 5. The van der Waals surface area contributed by atoms with Crippen LogP contribution in [0.4, 0.5) is 5.82 Å². The van der Waals surface area contributed by atoms with Crippen LogP contribution >= 0.6 is 11.8 Å². The molecule has 0 atom stereocenters. The molecule has 4 aromatic rings. The lowest BCUT2D eigenvalue weighted by atomic mass is 10.0. The van der Waals surface area contributed by atoms with Gasteiger partial charge in [0, 0.05) is 47.5 Å². The lowest BCUT2D eigenvalue weighted by Gasteiger charge is -2.30. The largest absolute Gasteiger partial charge is 0.481 e. The standard InChI is InChI=1S/C25H24N4O2S.C2H6/c1-17-21(15-24(30)31)25(28-10-12-32-13-11-28)29-23(26-17)16-22(27-29)20-9-5-8-19(14-20)18-6-3-2-4-7-18;1-2/h2-9,14,16H,10-13,15H2,1H3,(H,30,31);1-2H3. The number of aryl methyl sites for hydroxylation is 1. The summed E-state index contributed by atoms with van der Waals surface area (Å²) in [6.45, 7) is 7.63. The van der Waals surface area contributed by atoms with Crippen molar-refractivity contribution in [3.05, 3.63) is 71.9 Å². The van der Waals surface area contributed by atoms with Gasteiger partial charge in [-0.2, -0.15) is 21.4 Å². The van der Waals surface area contributed by atoms with E-state index in [1.54, 1.807) is 0 Å². The molecule has 2 aromatic heterocycles. The maximum Gasteiger partial charge on any atom is 0.308 e. The van der Waals surface area contributed by atoms with E-state index in [1.165, 1.54) is 0 Å². The fourth-order valence-electron chi connectivity index (χ4n) is 4.22. The van der Waals surface area contributed by atoms with Gasteiger partial charge in [-0.1, -0.05) is 62.4 Å². The van der Waals surface area contributed by atoms with Crippen LogP contribution in [0.25, 0.3) is 28.0 Å². The minimum Gasteiger partial charge on any atom is -0.481 e. The van der Waals surface area contributed by atoms with Crippen LogP contribution in [0.1, 0.15) is 25.1 Å². The lowest BCUT2D eigenvalue weighted by Crippen LogP contribution is -2.35. The Kier molecular flexibility index (Phi) is 7.53. The first-order valence-corrected chi connectivity index (χ1v) is 12.9. The molecule has 1 aliphatic rings. The fourth-order valence-corrected chi connectivity index (χ4v) is 5.13. The van der Waals surface area contributed by atoms with Crippen LogP contribution in [0.2, 0.25) is 0 Å². The van der Waals surface area contributed by atoms with Gasteiger partial charge in [-0.3, -0.25) is 4.79 Å². The second kappa shape index (κ2) is 10.7. The molecule has 176 valence electrons. The Morgan fingerprint density at radius 3 is 2.35 bits per heavy atom. The van der Waals surface area contributed by atoms with Crippen LogP contribution in [-0.4, -0.2) is 50.3 Å². The van der Waals surface area contributed by atoms with Gasteiger partial charge in [0.2, 0.25) is 0 Å². The molecule has 1 fully saturated rings. The van der Waals surface area contributed by atoms with Crippen molar-refractivity contribution in [3.8, 4) is 22.4 Å². The van der Waals surface area contributed by atoms with Crippen LogP contribution in [0.15, 0.2) is 60.7 Å². The second-order valence-corrected chi connectivity index (χ2v) is 9.14. The Labute approximate surface area is 204 Å². The maximum atomic E-state index is 11.6. The summed E-state index contributed by atoms with van der Waals surface area (Å²) < 4.78 is 1.84. The SMILES string of the molecule is CC.Cc1nc2cc(-c3cccc(-c4ccccc4)c3)nn2c(N2CCSCC2)c1CC(=O)O. The van der Waals surface area contributed by atoms with Gasteiger partial charge in [-0.15, -0.1) is 0 Å². The monoisotopic (exact) mass is 474 g/mol. The van der Waals surface area contributed by atoms with Crippen molar-refractivity contribution in [3.63, 3.8) is 0 Å². The van der Waals surface area contributed by atoms with Crippen LogP contribution < -0.4 is 4.90 Å². The van der Waals surface area contributed by atoms with E-state index in [0.717, 1.165) is 69.7 Å². The average Bonchev–Trinajstić information content (AvgIpc) is 3.30. The van der Waals surface area contributed by atoms with E-state index in [0.29, 0.717) is 0 Å². The zero-order valence-electron chi connectivity index (χ0n) is 19.9. The summed E-state index contributed by atoms with van der Waals surface area (Å²) in [5.41, 5.74) is 6.35. The van der Waals surface area contributed by atoms with Gasteiger partial charge in [-0.05, 0) is 24.1 Å². The van der Waals surface area contributed by atoms with Crippen LogP contribution in [0, 0.1) is 6.92 Å². The number of anilines is 1. The first-order chi connectivity index (χ1) is 16.6. The zero-order valence-corrected chi connectivity index (χ0v) is 20.7. The maximum absolute atomic E-state index is 11.6. The van der Waals surface area contributed by atoms with Crippen LogP contribution in [-0.2, 0) is 11.2 Å². The number of hydrogen-bond donors (Lipinski definition) is 1. The summed E-state index contributed by atoms with van der Waals surface area (Å²) in [6.07, 6.45) is -0.0631. The highest BCUT2D eigenvalue weighted by molar-refractivity contribution is 7.99. The van der Waals surface area contributed by atoms with E-state index in [-0.39, 0.29) is 6.42 Å². The predicted octanol–water partition coefficient (Wildman–Crippen LogP) is 5.58. The molecule has 5 rings (SSSR count). The Balaban J connectivity index is 0.00000133. The molecule has 0 saturated carbocycles. The number of aromatic nitrogens is 3. The lowest BCUT2D eigenvalue weighted by molar-refractivity contribution is -0.136. The number of carboxylic acid groups (broad SMARTS) is 1. The smallest absolute Gasteiger partial charge is 0.308 e. The normalized spacial score (nSPS) is 13.4. The van der Waals surface area contributed by atoms with Crippen molar-refractivity contribution in [1.29, 1.82) is 0 Å². The van der Waals surface area contributed by atoms with E-state index in [2.05, 4.69) is 35.2 Å². The van der Waals surface area contributed by atoms with Crippen LogP contribution in [0.3, 0.4) is 0 Å². The number of nitrogens with zero attached hydrogens (tertiary/aromatic N) is 4. The molecule has 0 amide bonds. The first-order valence-electron chi connectivity index (χ1n) is 11.7. The third kappa shape index (κ3) is 4.94. The summed E-state index contributed by atoms with van der Waals surface area (Å²) in [5.74, 6) is 2.04. The predicted molar refractivity (Wildman–Crippen MR) is 141 cm³/mol. The Hall–Kier alpha value is -3.32. The molecule has 0 radical (unpaired) electrons. The van der Waals surface area contributed by atoms with Gasteiger partial charge in [0.05, 0.1) is 12.1 Å². The van der Waals surface area contributed by atoms with Crippen molar-refractivity contribution in [2.24, 2.45) is 0 Å². The minimum absolute atomic E-state index is 0.0631. The summed E-state index contributed by atoms with van der Waals surface area (Å²) in [7, 11) is 0. The Morgan fingerprint density at radius 2 is 1.65 bits per heavy atom. The van der Waals surface area contributed by atoms with Gasteiger partial charge in [0.15, 0.2) is 5.65 Å². The number of benzene rings is 2. The van der Waals surface area contributed by atoms with Crippen molar-refractivity contribution in [2.45, 2.75) is 27.2 Å². The molecule has 34 heavy (non-hydrogen) atoms. The Bertz CT molecular complexity index is 1280. The molecule has 0 bridgehead atoms. The molecule has 1 saturated heterocycles. The number of carboxylic acids is 1. The number of rotatable bonds is 5. The van der Waals surface area contributed by atoms with E-state index in [4.69, 9.17) is 10.1 Å². The summed E-state index contributed by atoms with van der Waals surface area (Å²) >= 11 is 1.92. The molecule has 6 nitrogen and oxygen atoms in total. The highest BCUT2D eigenvalue weighted by Crippen LogP contribution is 2.31.